The highest BCUT2D eigenvalue weighted by Crippen LogP contribution is 2.38. The van der Waals surface area contributed by atoms with Gasteiger partial charge in [-0.1, -0.05) is 0 Å². The molecule has 29 heavy (non-hydrogen) atoms. The van der Waals surface area contributed by atoms with Crippen LogP contribution in [0.5, 0.6) is 11.5 Å². The number of hydrogen-bond donors (Lipinski definition) is 2. The summed E-state index contributed by atoms with van der Waals surface area (Å²) < 4.78 is 151. The molecule has 9 nitrogen and oxygen atoms in total. The minimum atomic E-state index is -3.83. The number of benzene rings is 1. The number of aryl methyl sites for hydroxylation is 1. The molecule has 0 aliphatic carbocycles. The van der Waals surface area contributed by atoms with Crippen molar-refractivity contribution in [2.75, 3.05) is 51.3 Å². The molecule has 1 saturated heterocycles. The number of rotatable bonds is 9. The fourth-order valence-electron chi connectivity index (χ4n) is 2.63. The Bertz CT molecular complexity index is 1490. The first-order valence-electron chi connectivity index (χ1n) is 16.7. The van der Waals surface area contributed by atoms with Crippen molar-refractivity contribution in [1.82, 2.24) is 15.3 Å². The largest absolute Gasteiger partial charge is 0.493 e. The van der Waals surface area contributed by atoms with Crippen molar-refractivity contribution >= 4 is 28.6 Å². The molecule has 1 amide bonds. The van der Waals surface area contributed by atoms with Crippen LogP contribution in [0.4, 0.5) is 11.8 Å². The molecule has 2 aromatic rings. The van der Waals surface area contributed by atoms with E-state index in [0.29, 0.717) is 4.90 Å². The van der Waals surface area contributed by atoms with Crippen LogP contribution >= 0.6 is 0 Å². The van der Waals surface area contributed by atoms with Gasteiger partial charge in [-0.3, -0.25) is 4.79 Å². The van der Waals surface area contributed by atoms with Crippen molar-refractivity contribution < 1.29 is 42.4 Å². The average Bonchev–Trinajstić information content (AvgIpc) is 3.37. The summed E-state index contributed by atoms with van der Waals surface area (Å²) in [5.41, 5.74) is -1.07. The van der Waals surface area contributed by atoms with Crippen molar-refractivity contribution in [3.63, 3.8) is 0 Å². The smallest absolute Gasteiger partial charge is 0.249 e. The Hall–Kier alpha value is -2.81. The lowest BCUT2D eigenvalue weighted by Gasteiger charge is -2.20. The average molecular weight is 421 g/mol. The summed E-state index contributed by atoms with van der Waals surface area (Å²) in [7, 11) is -5.63. The molecule has 1 aliphatic heterocycles. The number of carbonyl (C=O) groups excluding carboxylic acids is 1. The lowest BCUT2D eigenvalue weighted by Crippen LogP contribution is -2.36. The second-order valence-corrected chi connectivity index (χ2v) is 5.88. The van der Waals surface area contributed by atoms with Crippen molar-refractivity contribution in [2.45, 2.75) is 32.2 Å². The molecule has 0 bridgehead atoms. The van der Waals surface area contributed by atoms with Crippen LogP contribution in [-0.2, 0) is 9.53 Å². The van der Waals surface area contributed by atoms with Crippen molar-refractivity contribution in [1.29, 1.82) is 0 Å². The zero-order chi connectivity index (χ0) is 35.6. The molecule has 0 spiro atoms. The maximum Gasteiger partial charge on any atom is 0.249 e. The van der Waals surface area contributed by atoms with Gasteiger partial charge in [0.05, 0.1) is 30.6 Å². The summed E-state index contributed by atoms with van der Waals surface area (Å²) in [5.74, 6) is -4.96. The second kappa shape index (κ2) is 9.13. The number of hydrogen-bond acceptors (Lipinski definition) is 8. The van der Waals surface area contributed by atoms with Gasteiger partial charge in [0.15, 0.2) is 15.7 Å². The molecule has 0 saturated carbocycles. The van der Waals surface area contributed by atoms with Crippen LogP contribution in [0.3, 0.4) is 0 Å². The topological polar surface area (TPSA) is 112 Å². The molecule has 2 heterocycles. The van der Waals surface area contributed by atoms with Crippen LogP contribution in [0.15, 0.2) is 6.04 Å². The van der Waals surface area contributed by atoms with Gasteiger partial charge in [0.1, 0.15) is 11.9 Å². The summed E-state index contributed by atoms with van der Waals surface area (Å²) >= 11 is 0. The van der Waals surface area contributed by atoms with Gasteiger partial charge in [-0.15, -0.1) is 0 Å². The van der Waals surface area contributed by atoms with Crippen molar-refractivity contribution in [3.05, 3.63) is 11.6 Å². The molecule has 0 radical (unpaired) electrons. The molecule has 158 valence electrons. The highest BCUT2D eigenvalue weighted by atomic mass is 16.5. The van der Waals surface area contributed by atoms with Crippen LogP contribution in [-0.4, -0.2) is 62.7 Å². The number of nitrogen functional groups attached to an aromatic ring is 1. The van der Waals surface area contributed by atoms with E-state index in [1.807, 2.05) is 0 Å². The maximum atomic E-state index is 12.8. The predicted octanol–water partition coefficient (Wildman–Crippen LogP) is 1.66. The van der Waals surface area contributed by atoms with E-state index in [4.69, 9.17) is 37.6 Å². The summed E-state index contributed by atoms with van der Waals surface area (Å²) in [6.45, 7) is -6.25. The number of methoxy groups -OCH3 is 2. The molecular formula is C20H29N5O4. The minimum Gasteiger partial charge on any atom is -0.493 e. The van der Waals surface area contributed by atoms with E-state index in [9.17, 15) is 4.79 Å². The summed E-state index contributed by atoms with van der Waals surface area (Å²) in [4.78, 5) is 21.0. The Labute approximate surface area is 194 Å². The number of nitrogens with zero attached hydrogens (tertiary/aromatic N) is 3. The van der Waals surface area contributed by atoms with Crippen LogP contribution < -0.4 is 25.4 Å². The van der Waals surface area contributed by atoms with E-state index in [2.05, 4.69) is 9.97 Å². The molecule has 1 aliphatic rings. The minimum absolute atomic E-state index is 0.0480. The van der Waals surface area contributed by atoms with E-state index in [1.54, 1.807) is 0 Å². The van der Waals surface area contributed by atoms with Crippen LogP contribution in [0, 0.1) is 6.92 Å². The standard InChI is InChI=1S/C20H29N5O4/c1-12-16-13(11-15(27-3)17(12)28-4)23-20(24-18(16)21)25(2)9-6-8-22-19(26)14-7-5-10-29-14/h11,14H,5-10H2,1-4H3,(H,22,26)(H2,21,23,24)/i3D3,4D3,6D2,8D2,9D2,11D,14D/hD3. The van der Waals surface area contributed by atoms with Gasteiger partial charge in [0.25, 0.3) is 0 Å². The fraction of sp³-hybridized carbons (Fsp3) is 0.550. The molecule has 3 N–H and O–H groups in total. The Morgan fingerprint density at radius 2 is 2.48 bits per heavy atom. The SMILES string of the molecule is [2H]c1c(OC([2H])([2H])[2H])c(OC([2H])([2H])[2H])c(C)c2c(N([2H])[2H])nc(N(C)C([2H])([2H])C([2H])([2H])C([2H])([2H])N([2H])C(=O)C3([2H])CCCO3)nc12. The highest BCUT2D eigenvalue weighted by Gasteiger charge is 2.23. The van der Waals surface area contributed by atoms with Gasteiger partial charge < -0.3 is 30.1 Å². The third kappa shape index (κ3) is 4.45. The van der Waals surface area contributed by atoms with Gasteiger partial charge in [-0.2, -0.15) is 4.98 Å². The molecule has 1 atom stereocenters. The van der Waals surface area contributed by atoms with Gasteiger partial charge >= 0.3 is 0 Å². The highest BCUT2D eigenvalue weighted by molar-refractivity contribution is 5.95. The third-order valence-corrected chi connectivity index (χ3v) is 4.04. The zero-order valence-corrected chi connectivity index (χ0v) is 15.5. The summed E-state index contributed by atoms with van der Waals surface area (Å²) in [6, 6.07) is -0.963. The fourth-order valence-corrected chi connectivity index (χ4v) is 2.63. The number of ether oxygens (including phenoxy) is 3. The normalized spacial score (nSPS) is 29.4. The quantitative estimate of drug-likeness (QED) is 0.630. The van der Waals surface area contributed by atoms with E-state index in [-0.39, 0.29) is 30.7 Å². The van der Waals surface area contributed by atoms with Crippen LogP contribution in [0.25, 0.3) is 10.9 Å². The van der Waals surface area contributed by atoms with Crippen molar-refractivity contribution in [3.8, 4) is 11.5 Å². The molecule has 1 aromatic heterocycles. The molecule has 1 fully saturated rings. The lowest BCUT2D eigenvalue weighted by molar-refractivity contribution is -0.130. The number of anilines is 2. The number of aromatic nitrogens is 2. The number of nitrogens with two attached hydrogens (primary N) is 1. The molecule has 3 rings (SSSR count). The molecule has 9 heteroatoms. The first-order valence-corrected chi connectivity index (χ1v) is 8.33. The summed E-state index contributed by atoms with van der Waals surface area (Å²) in [6.07, 6.45) is -6.22. The zero-order valence-electron chi connectivity index (χ0n) is 32.5. The Morgan fingerprint density at radius 1 is 1.62 bits per heavy atom. The second-order valence-electron chi connectivity index (χ2n) is 5.88. The number of carbonyl (C=O) groups is 1. The Morgan fingerprint density at radius 3 is 3.21 bits per heavy atom. The number of amides is 1. The van der Waals surface area contributed by atoms with Crippen LogP contribution in [0.1, 0.15) is 44.0 Å². The molecule has 1 aromatic carbocycles. The number of nitrogens with one attached hydrogen (secondary N) is 1. The lowest BCUT2D eigenvalue weighted by atomic mass is 10.1. The monoisotopic (exact) mass is 420 g/mol. The molecule has 1 unspecified atom stereocenters. The van der Waals surface area contributed by atoms with Gasteiger partial charge in [0.2, 0.25) is 11.9 Å². The Balaban J connectivity index is 2.25. The van der Waals surface area contributed by atoms with Gasteiger partial charge in [-0.25, -0.2) is 4.98 Å². The first kappa shape index (κ1) is 8.14. The van der Waals surface area contributed by atoms with Gasteiger partial charge in [-0.05, 0) is 26.1 Å². The van der Waals surface area contributed by atoms with Crippen LogP contribution in [0.2, 0.25) is 4.24 Å². The van der Waals surface area contributed by atoms with E-state index < -0.39 is 91.0 Å². The first-order chi connectivity index (χ1) is 20.6. The van der Waals surface area contributed by atoms with E-state index in [1.165, 1.54) is 0 Å². The van der Waals surface area contributed by atoms with Crippen molar-refractivity contribution in [2.24, 2.45) is 0 Å². The third-order valence-electron chi connectivity index (χ3n) is 4.04. The predicted molar refractivity (Wildman–Crippen MR) is 112 cm³/mol. The summed E-state index contributed by atoms with van der Waals surface area (Å²) in [5, 5.41) is -0.918. The molecular weight excluding hydrogens is 374 g/mol. The number of fused-ring (bicyclic) bond motifs is 1. The maximum absolute atomic E-state index is 12.8. The Kier molecular flexibility index (Phi) is 2.56. The van der Waals surface area contributed by atoms with Gasteiger partial charge in [0, 0.05) is 51.9 Å². The van der Waals surface area contributed by atoms with E-state index >= 15 is 0 Å². The van der Waals surface area contributed by atoms with E-state index in [0.717, 1.165) is 14.0 Å².